The van der Waals surface area contributed by atoms with Gasteiger partial charge in [-0.3, -0.25) is 4.79 Å². The van der Waals surface area contributed by atoms with Crippen molar-refractivity contribution < 1.29 is 17.9 Å². The van der Waals surface area contributed by atoms with Gasteiger partial charge in [0.05, 0.1) is 12.4 Å². The predicted octanol–water partition coefficient (Wildman–Crippen LogP) is 0.598. The average Bonchev–Trinajstić information content (AvgIpc) is 2.11. The molecular weight excluding hydrogens is 242 g/mol. The molecule has 1 atom stereocenters. The van der Waals surface area contributed by atoms with Crippen LogP contribution in [0.15, 0.2) is 0 Å². The standard InChI is InChI=1S/C11H23NO4S/c1-6-16-10(13)8-17(14,15)7-9(12-5)11(2,3)4/h9,12H,6-8H2,1-5H3. The number of hydrogen-bond donors (Lipinski definition) is 1. The van der Waals surface area contributed by atoms with Crippen molar-refractivity contribution in [1.29, 1.82) is 0 Å². The highest BCUT2D eigenvalue weighted by Crippen LogP contribution is 2.20. The van der Waals surface area contributed by atoms with Crippen molar-refractivity contribution in [3.05, 3.63) is 0 Å². The van der Waals surface area contributed by atoms with Crippen molar-refractivity contribution in [2.75, 3.05) is 25.2 Å². The third kappa shape index (κ3) is 6.63. The number of nitrogens with one attached hydrogen (secondary N) is 1. The molecule has 0 aromatic carbocycles. The second-order valence-electron chi connectivity index (χ2n) is 5.07. The zero-order valence-electron chi connectivity index (χ0n) is 11.2. The lowest BCUT2D eigenvalue weighted by Crippen LogP contribution is -2.44. The van der Waals surface area contributed by atoms with Gasteiger partial charge in [0.15, 0.2) is 9.84 Å². The minimum atomic E-state index is -3.43. The molecular formula is C11H23NO4S. The van der Waals surface area contributed by atoms with E-state index in [0.717, 1.165) is 0 Å². The number of carbonyl (C=O) groups is 1. The number of ether oxygens (including phenoxy) is 1. The Morgan fingerprint density at radius 2 is 1.88 bits per heavy atom. The summed E-state index contributed by atoms with van der Waals surface area (Å²) in [5.41, 5.74) is -0.184. The van der Waals surface area contributed by atoms with Crippen LogP contribution in [-0.2, 0) is 19.4 Å². The second-order valence-corrected chi connectivity index (χ2v) is 7.18. The van der Waals surface area contributed by atoms with Crippen LogP contribution in [-0.4, -0.2) is 45.6 Å². The van der Waals surface area contributed by atoms with E-state index in [1.54, 1.807) is 14.0 Å². The SMILES string of the molecule is CCOC(=O)CS(=O)(=O)CC(NC)C(C)(C)C. The maximum absolute atomic E-state index is 11.8. The summed E-state index contributed by atoms with van der Waals surface area (Å²) in [6, 6.07) is -0.193. The summed E-state index contributed by atoms with van der Waals surface area (Å²) in [6.07, 6.45) is 0. The van der Waals surface area contributed by atoms with Gasteiger partial charge in [-0.25, -0.2) is 8.42 Å². The molecule has 0 rings (SSSR count). The van der Waals surface area contributed by atoms with Crippen molar-refractivity contribution in [2.45, 2.75) is 33.7 Å². The molecule has 102 valence electrons. The van der Waals surface area contributed by atoms with Gasteiger partial charge in [0.2, 0.25) is 0 Å². The number of carbonyl (C=O) groups excluding carboxylic acids is 1. The van der Waals surface area contributed by atoms with Crippen molar-refractivity contribution in [2.24, 2.45) is 5.41 Å². The molecule has 0 saturated heterocycles. The molecule has 0 aromatic rings. The molecule has 1 N–H and O–H groups in total. The minimum Gasteiger partial charge on any atom is -0.465 e. The van der Waals surface area contributed by atoms with E-state index in [9.17, 15) is 13.2 Å². The summed E-state index contributed by atoms with van der Waals surface area (Å²) in [5.74, 6) is -1.29. The second kappa shape index (κ2) is 6.35. The summed E-state index contributed by atoms with van der Waals surface area (Å²) in [5, 5.41) is 2.97. The fourth-order valence-corrected chi connectivity index (χ4v) is 3.20. The Balaban J connectivity index is 4.59. The first kappa shape index (κ1) is 16.4. The summed E-state index contributed by atoms with van der Waals surface area (Å²) in [7, 11) is -1.72. The minimum absolute atomic E-state index is 0.0637. The molecule has 0 aliphatic heterocycles. The Labute approximate surface area is 104 Å². The maximum Gasteiger partial charge on any atom is 0.321 e. The van der Waals surface area contributed by atoms with Crippen molar-refractivity contribution in [1.82, 2.24) is 5.32 Å². The highest BCUT2D eigenvalue weighted by molar-refractivity contribution is 7.92. The Morgan fingerprint density at radius 1 is 1.35 bits per heavy atom. The van der Waals surface area contributed by atoms with E-state index in [-0.39, 0.29) is 23.8 Å². The first-order chi connectivity index (χ1) is 7.62. The predicted molar refractivity (Wildman–Crippen MR) is 67.6 cm³/mol. The lowest BCUT2D eigenvalue weighted by molar-refractivity contribution is -0.139. The molecule has 0 aromatic heterocycles. The summed E-state index contributed by atoms with van der Waals surface area (Å²) in [4.78, 5) is 11.2. The highest BCUT2D eigenvalue weighted by Gasteiger charge is 2.29. The molecule has 0 aliphatic carbocycles. The van der Waals surface area contributed by atoms with Crippen molar-refractivity contribution >= 4 is 15.8 Å². The summed E-state index contributed by atoms with van der Waals surface area (Å²) < 4.78 is 28.2. The average molecular weight is 265 g/mol. The molecule has 0 bridgehead atoms. The molecule has 0 saturated carbocycles. The number of sulfone groups is 1. The van der Waals surface area contributed by atoms with Crippen LogP contribution in [0.2, 0.25) is 0 Å². The van der Waals surface area contributed by atoms with Gasteiger partial charge >= 0.3 is 5.97 Å². The third-order valence-corrected chi connectivity index (χ3v) is 3.97. The van der Waals surface area contributed by atoms with E-state index in [0.29, 0.717) is 0 Å². The first-order valence-electron chi connectivity index (χ1n) is 5.65. The topological polar surface area (TPSA) is 72.5 Å². The van der Waals surface area contributed by atoms with Crippen LogP contribution in [0.25, 0.3) is 0 Å². The van der Waals surface area contributed by atoms with Gasteiger partial charge in [-0.15, -0.1) is 0 Å². The van der Waals surface area contributed by atoms with Gasteiger partial charge in [-0.2, -0.15) is 0 Å². The van der Waals surface area contributed by atoms with E-state index in [4.69, 9.17) is 0 Å². The van der Waals surface area contributed by atoms with Crippen LogP contribution < -0.4 is 5.32 Å². The Kier molecular flexibility index (Phi) is 6.12. The fourth-order valence-electron chi connectivity index (χ4n) is 1.46. The van der Waals surface area contributed by atoms with Crippen LogP contribution in [0.3, 0.4) is 0 Å². The van der Waals surface area contributed by atoms with E-state index in [1.165, 1.54) is 0 Å². The molecule has 17 heavy (non-hydrogen) atoms. The number of esters is 1. The quantitative estimate of drug-likeness (QED) is 0.712. The van der Waals surface area contributed by atoms with Crippen LogP contribution in [0, 0.1) is 5.41 Å². The normalized spacial score (nSPS) is 14.4. The van der Waals surface area contributed by atoms with Crippen LogP contribution in [0.5, 0.6) is 0 Å². The van der Waals surface area contributed by atoms with Gasteiger partial charge in [0.1, 0.15) is 5.75 Å². The highest BCUT2D eigenvalue weighted by atomic mass is 32.2. The first-order valence-corrected chi connectivity index (χ1v) is 7.48. The number of rotatable bonds is 6. The van der Waals surface area contributed by atoms with E-state index < -0.39 is 21.6 Å². The molecule has 5 nitrogen and oxygen atoms in total. The molecule has 0 spiro atoms. The molecule has 0 radical (unpaired) electrons. The van der Waals surface area contributed by atoms with Crippen LogP contribution >= 0.6 is 0 Å². The van der Waals surface area contributed by atoms with Crippen LogP contribution in [0.4, 0.5) is 0 Å². The van der Waals surface area contributed by atoms with Gasteiger partial charge < -0.3 is 10.1 Å². The zero-order valence-corrected chi connectivity index (χ0v) is 12.1. The van der Waals surface area contributed by atoms with Crippen molar-refractivity contribution in [3.63, 3.8) is 0 Å². The zero-order chi connectivity index (χ0) is 13.7. The lowest BCUT2D eigenvalue weighted by atomic mass is 9.88. The Hall–Kier alpha value is -0.620. The van der Waals surface area contributed by atoms with Gasteiger partial charge in [-0.05, 0) is 19.4 Å². The van der Waals surface area contributed by atoms with Crippen LogP contribution in [0.1, 0.15) is 27.7 Å². The van der Waals surface area contributed by atoms with E-state index in [2.05, 4.69) is 10.1 Å². The fraction of sp³-hybridized carbons (Fsp3) is 0.909. The lowest BCUT2D eigenvalue weighted by Gasteiger charge is -2.29. The smallest absolute Gasteiger partial charge is 0.321 e. The molecule has 0 heterocycles. The summed E-state index contributed by atoms with van der Waals surface area (Å²) in [6.45, 7) is 7.70. The Bertz CT molecular complexity index is 343. The molecule has 0 fully saturated rings. The van der Waals surface area contributed by atoms with Gasteiger partial charge in [0.25, 0.3) is 0 Å². The molecule has 0 amide bonds. The van der Waals surface area contributed by atoms with Crippen molar-refractivity contribution in [3.8, 4) is 0 Å². The third-order valence-electron chi connectivity index (χ3n) is 2.46. The molecule has 0 aliphatic rings. The molecule has 6 heteroatoms. The number of hydrogen-bond acceptors (Lipinski definition) is 5. The summed E-state index contributed by atoms with van der Waals surface area (Å²) >= 11 is 0. The van der Waals surface area contributed by atoms with E-state index >= 15 is 0 Å². The largest absolute Gasteiger partial charge is 0.465 e. The van der Waals surface area contributed by atoms with Gasteiger partial charge in [0, 0.05) is 6.04 Å². The monoisotopic (exact) mass is 265 g/mol. The Morgan fingerprint density at radius 3 is 2.24 bits per heavy atom. The van der Waals surface area contributed by atoms with Gasteiger partial charge in [-0.1, -0.05) is 20.8 Å². The molecule has 1 unspecified atom stereocenters. The maximum atomic E-state index is 11.8. The van der Waals surface area contributed by atoms with E-state index in [1.807, 2.05) is 20.8 Å².